The van der Waals surface area contributed by atoms with Crippen LogP contribution in [0.1, 0.15) is 25.0 Å². The number of halogens is 1. The molecule has 0 aliphatic heterocycles. The van der Waals surface area contributed by atoms with E-state index < -0.39 is 18.2 Å². The van der Waals surface area contributed by atoms with Crippen LogP contribution in [0, 0.1) is 0 Å². The molecule has 2 N–H and O–H groups in total. The molecule has 1 aromatic carbocycles. The number of thiol groups is 1. The molecule has 0 aromatic heterocycles. The summed E-state index contributed by atoms with van der Waals surface area (Å²) in [4.78, 5) is 11.0. The predicted molar refractivity (Wildman–Crippen MR) is 85.6 cm³/mol. The van der Waals surface area contributed by atoms with E-state index in [1.54, 1.807) is 19.1 Å². The van der Waals surface area contributed by atoms with Crippen molar-refractivity contribution in [2.24, 2.45) is 0 Å². The lowest BCUT2D eigenvalue weighted by Gasteiger charge is -2.23. The normalized spacial score (nSPS) is 13.7. The van der Waals surface area contributed by atoms with Gasteiger partial charge in [0, 0.05) is 23.1 Å². The minimum absolute atomic E-state index is 0.00821. The number of esters is 1. The summed E-state index contributed by atoms with van der Waals surface area (Å²) in [5.74, 6) is -0.426. The van der Waals surface area contributed by atoms with Crippen molar-refractivity contribution in [1.29, 1.82) is 0 Å². The third kappa shape index (κ3) is 5.86. The lowest BCUT2D eigenvalue weighted by molar-refractivity contribution is -0.142. The van der Waals surface area contributed by atoms with E-state index in [1.165, 1.54) is 6.07 Å². The first-order valence-corrected chi connectivity index (χ1v) is 7.96. The molecule has 1 rings (SSSR count). The third-order valence-electron chi connectivity index (χ3n) is 2.84. The lowest BCUT2D eigenvalue weighted by atomic mass is 10.0. The topological polar surface area (TPSA) is 76.0 Å². The van der Waals surface area contributed by atoms with E-state index in [2.05, 4.69) is 28.6 Å². The molecule has 1 aromatic rings. The van der Waals surface area contributed by atoms with Crippen molar-refractivity contribution in [3.05, 3.63) is 28.2 Å². The van der Waals surface area contributed by atoms with Gasteiger partial charge in [0.1, 0.15) is 11.9 Å². The second-order valence-corrected chi connectivity index (χ2v) is 5.54. The van der Waals surface area contributed by atoms with Gasteiger partial charge in [-0.05, 0) is 25.1 Å². The van der Waals surface area contributed by atoms with Crippen molar-refractivity contribution in [2.75, 3.05) is 19.0 Å². The number of aliphatic hydroxyl groups excluding tert-OH is 1. The summed E-state index contributed by atoms with van der Waals surface area (Å²) >= 11 is 7.10. The van der Waals surface area contributed by atoms with Crippen molar-refractivity contribution in [1.82, 2.24) is 0 Å². The number of aromatic hydroxyl groups is 1. The Labute approximate surface area is 137 Å². The van der Waals surface area contributed by atoms with E-state index in [0.717, 1.165) is 4.47 Å². The van der Waals surface area contributed by atoms with Crippen LogP contribution in [-0.4, -0.2) is 41.3 Å². The van der Waals surface area contributed by atoms with Crippen LogP contribution in [0.3, 0.4) is 0 Å². The molecule has 21 heavy (non-hydrogen) atoms. The van der Waals surface area contributed by atoms with Gasteiger partial charge in [0.15, 0.2) is 0 Å². The van der Waals surface area contributed by atoms with Crippen LogP contribution in [0.2, 0.25) is 0 Å². The van der Waals surface area contributed by atoms with Gasteiger partial charge in [-0.3, -0.25) is 4.79 Å². The Balaban J connectivity index is 2.74. The molecule has 0 unspecified atom stereocenters. The summed E-state index contributed by atoms with van der Waals surface area (Å²) in [5, 5.41) is 20.2. The molecule has 0 amide bonds. The van der Waals surface area contributed by atoms with Gasteiger partial charge in [-0.15, -0.1) is 0 Å². The number of hydrogen-bond acceptors (Lipinski definition) is 6. The molecule has 5 nitrogen and oxygen atoms in total. The van der Waals surface area contributed by atoms with Crippen molar-refractivity contribution in [3.8, 4) is 5.75 Å². The molecule has 118 valence electrons. The zero-order chi connectivity index (χ0) is 15.8. The Morgan fingerprint density at radius 2 is 2.19 bits per heavy atom. The fourth-order valence-corrected chi connectivity index (χ4v) is 2.31. The predicted octanol–water partition coefficient (Wildman–Crippen LogP) is 2.46. The van der Waals surface area contributed by atoms with Crippen molar-refractivity contribution in [2.45, 2.75) is 25.6 Å². The zero-order valence-electron chi connectivity index (χ0n) is 11.7. The first kappa shape index (κ1) is 18.3. The molecule has 0 aliphatic carbocycles. The number of rotatable bonds is 8. The Morgan fingerprint density at radius 3 is 2.81 bits per heavy atom. The van der Waals surface area contributed by atoms with Crippen LogP contribution >= 0.6 is 28.6 Å². The smallest absolute Gasteiger partial charge is 0.315 e. The maximum Gasteiger partial charge on any atom is 0.315 e. The summed E-state index contributed by atoms with van der Waals surface area (Å²) in [6.45, 7) is 2.33. The molecular weight excluding hydrogens is 360 g/mol. The molecule has 0 heterocycles. The molecule has 0 bridgehead atoms. The van der Waals surface area contributed by atoms with Crippen LogP contribution < -0.4 is 0 Å². The highest BCUT2D eigenvalue weighted by Crippen LogP contribution is 2.31. The molecule has 0 aliphatic rings. The van der Waals surface area contributed by atoms with Gasteiger partial charge in [-0.25, -0.2) is 0 Å². The van der Waals surface area contributed by atoms with Crippen LogP contribution in [0.15, 0.2) is 22.7 Å². The highest BCUT2D eigenvalue weighted by molar-refractivity contribution is 9.10. The largest absolute Gasteiger partial charge is 0.508 e. The van der Waals surface area contributed by atoms with Crippen molar-refractivity contribution in [3.63, 3.8) is 0 Å². The average Bonchev–Trinajstić information content (AvgIpc) is 2.47. The Bertz CT molecular complexity index is 469. The van der Waals surface area contributed by atoms with Gasteiger partial charge in [-0.1, -0.05) is 15.9 Å². The average molecular weight is 379 g/mol. The van der Waals surface area contributed by atoms with E-state index in [0.29, 0.717) is 18.6 Å². The first-order valence-electron chi connectivity index (χ1n) is 6.54. The number of aliphatic hydroxyl groups is 1. The highest BCUT2D eigenvalue weighted by atomic mass is 79.9. The number of ether oxygens (including phenoxy) is 2. The summed E-state index contributed by atoms with van der Waals surface area (Å²) < 4.78 is 11.2. The minimum atomic E-state index is -1.02. The van der Waals surface area contributed by atoms with Gasteiger partial charge >= 0.3 is 5.97 Å². The Morgan fingerprint density at radius 1 is 1.48 bits per heavy atom. The Kier molecular flexibility index (Phi) is 8.10. The molecular formula is C14H19BrO5S. The highest BCUT2D eigenvalue weighted by Gasteiger charge is 2.24. The maximum absolute atomic E-state index is 11.0. The van der Waals surface area contributed by atoms with Crippen LogP contribution in [-0.2, 0) is 14.3 Å². The standard InChI is InChI=1S/C14H19BrO5S/c1-2-19-12(5-6-20-13(17)8-21)14(18)10-7-9(15)3-4-11(10)16/h3-4,7,12,14,16,18,21H,2,5-6,8H2,1H3/t12-,14-/m0/s1. The third-order valence-corrected chi connectivity index (χ3v) is 3.59. The monoisotopic (exact) mass is 378 g/mol. The van der Waals surface area contributed by atoms with Gasteiger partial charge in [0.05, 0.1) is 18.5 Å². The summed E-state index contributed by atoms with van der Waals surface area (Å²) in [5.41, 5.74) is 0.364. The number of phenolic OH excluding ortho intramolecular Hbond substituents is 1. The molecule has 0 fully saturated rings. The van der Waals surface area contributed by atoms with E-state index in [9.17, 15) is 15.0 Å². The molecule has 7 heteroatoms. The SMILES string of the molecule is CCO[C@@H](CCOC(=O)CS)[C@@H](O)c1cc(Br)ccc1O. The molecule has 0 radical (unpaired) electrons. The molecule has 0 saturated carbocycles. The van der Waals surface area contributed by atoms with Crippen molar-refractivity contribution < 1.29 is 24.5 Å². The van der Waals surface area contributed by atoms with Gasteiger partial charge in [0.2, 0.25) is 0 Å². The maximum atomic E-state index is 11.0. The lowest BCUT2D eigenvalue weighted by Crippen LogP contribution is -2.25. The minimum Gasteiger partial charge on any atom is -0.508 e. The zero-order valence-corrected chi connectivity index (χ0v) is 14.1. The fourth-order valence-electron chi connectivity index (χ4n) is 1.84. The van der Waals surface area contributed by atoms with E-state index in [-0.39, 0.29) is 18.1 Å². The number of phenols is 1. The molecule has 2 atom stereocenters. The fraction of sp³-hybridized carbons (Fsp3) is 0.500. The van der Waals surface area contributed by atoms with E-state index in [4.69, 9.17) is 9.47 Å². The van der Waals surface area contributed by atoms with Gasteiger partial charge in [0.25, 0.3) is 0 Å². The van der Waals surface area contributed by atoms with E-state index in [1.807, 2.05) is 0 Å². The van der Waals surface area contributed by atoms with E-state index >= 15 is 0 Å². The van der Waals surface area contributed by atoms with Crippen molar-refractivity contribution >= 4 is 34.5 Å². The van der Waals surface area contributed by atoms with Gasteiger partial charge in [-0.2, -0.15) is 12.6 Å². The first-order chi connectivity index (χ1) is 9.99. The number of benzene rings is 1. The molecule has 0 spiro atoms. The summed E-state index contributed by atoms with van der Waals surface area (Å²) in [6, 6.07) is 4.80. The second kappa shape index (κ2) is 9.30. The Hall–Kier alpha value is -0.760. The van der Waals surface area contributed by atoms with Crippen LogP contribution in [0.4, 0.5) is 0 Å². The number of carbonyl (C=O) groups is 1. The van der Waals surface area contributed by atoms with Crippen LogP contribution in [0.5, 0.6) is 5.75 Å². The quantitative estimate of drug-likeness (QED) is 0.478. The molecule has 0 saturated heterocycles. The van der Waals surface area contributed by atoms with Crippen LogP contribution in [0.25, 0.3) is 0 Å². The summed E-state index contributed by atoms with van der Waals surface area (Å²) in [6.07, 6.45) is -1.28. The summed E-state index contributed by atoms with van der Waals surface area (Å²) in [7, 11) is 0. The number of carbonyl (C=O) groups excluding carboxylic acids is 1. The second-order valence-electron chi connectivity index (χ2n) is 4.31. The number of hydrogen-bond donors (Lipinski definition) is 3. The van der Waals surface area contributed by atoms with Gasteiger partial charge < -0.3 is 19.7 Å².